The molecule has 0 aliphatic carbocycles. The molecule has 4 rings (SSSR count). The Kier molecular flexibility index (Phi) is 3.75. The standard InChI is InChI=1S/C18H11FN2O3S/c1-2-7-21-13-8-14-15(24-10-23-14)9-16(13)25-18(21)20-17(22)11-3-5-12(19)6-4-11/h1,3-6,8-9H,7,10H2. The minimum Gasteiger partial charge on any atom is -0.454 e. The fourth-order valence-corrected chi connectivity index (χ4v) is 3.57. The molecule has 7 heteroatoms. The Labute approximate surface area is 146 Å². The van der Waals surface area contributed by atoms with Crippen LogP contribution in [0, 0.1) is 18.2 Å². The molecule has 25 heavy (non-hydrogen) atoms. The Hall–Kier alpha value is -3.11. The third-order valence-electron chi connectivity index (χ3n) is 3.71. The van der Waals surface area contributed by atoms with Gasteiger partial charge in [-0.1, -0.05) is 17.3 Å². The molecule has 0 atom stereocenters. The van der Waals surface area contributed by atoms with Gasteiger partial charge in [0, 0.05) is 17.7 Å². The predicted molar refractivity (Wildman–Crippen MR) is 91.1 cm³/mol. The quantitative estimate of drug-likeness (QED) is 0.665. The van der Waals surface area contributed by atoms with Crippen LogP contribution in [0.3, 0.4) is 0 Å². The molecule has 1 aliphatic heterocycles. The number of terminal acetylenes is 1. The summed E-state index contributed by atoms with van der Waals surface area (Å²) in [6.07, 6.45) is 5.46. The molecule has 1 aromatic heterocycles. The molecule has 0 spiro atoms. The van der Waals surface area contributed by atoms with Crippen molar-refractivity contribution in [3.8, 4) is 23.8 Å². The van der Waals surface area contributed by atoms with Crippen LogP contribution in [0.15, 0.2) is 41.4 Å². The van der Waals surface area contributed by atoms with Crippen molar-refractivity contribution in [2.24, 2.45) is 4.99 Å². The normalized spacial score (nSPS) is 13.2. The number of thiazole rings is 1. The van der Waals surface area contributed by atoms with Gasteiger partial charge in [0.25, 0.3) is 5.91 Å². The summed E-state index contributed by atoms with van der Waals surface area (Å²) in [6.45, 7) is 0.442. The molecule has 1 aliphatic rings. The van der Waals surface area contributed by atoms with Gasteiger partial charge in [0.2, 0.25) is 6.79 Å². The zero-order valence-corrected chi connectivity index (χ0v) is 13.7. The van der Waals surface area contributed by atoms with Crippen LogP contribution in [0.25, 0.3) is 10.2 Å². The number of rotatable bonds is 2. The minimum absolute atomic E-state index is 0.183. The molecule has 2 heterocycles. The Morgan fingerprint density at radius 3 is 2.72 bits per heavy atom. The lowest BCUT2D eigenvalue weighted by Gasteiger charge is -2.01. The first-order chi connectivity index (χ1) is 12.2. The summed E-state index contributed by atoms with van der Waals surface area (Å²) >= 11 is 1.33. The van der Waals surface area contributed by atoms with Crippen LogP contribution in [0.2, 0.25) is 0 Å². The molecule has 0 unspecified atom stereocenters. The second-order valence-electron chi connectivity index (χ2n) is 5.27. The first kappa shape index (κ1) is 15.4. The number of halogens is 1. The maximum Gasteiger partial charge on any atom is 0.279 e. The maximum absolute atomic E-state index is 13.0. The van der Waals surface area contributed by atoms with E-state index in [4.69, 9.17) is 15.9 Å². The van der Waals surface area contributed by atoms with Gasteiger partial charge in [-0.3, -0.25) is 4.79 Å². The van der Waals surface area contributed by atoms with Gasteiger partial charge in [-0.25, -0.2) is 4.39 Å². The van der Waals surface area contributed by atoms with Gasteiger partial charge < -0.3 is 14.0 Å². The molecule has 0 fully saturated rings. The molecule has 124 valence electrons. The zero-order chi connectivity index (χ0) is 17.4. The molecule has 0 saturated heterocycles. The first-order valence-electron chi connectivity index (χ1n) is 7.37. The number of nitrogens with zero attached hydrogens (tertiary/aromatic N) is 2. The number of carbonyl (C=O) groups excluding carboxylic acids is 1. The van der Waals surface area contributed by atoms with E-state index < -0.39 is 11.7 Å². The van der Waals surface area contributed by atoms with Gasteiger partial charge in [-0.2, -0.15) is 4.99 Å². The molecule has 2 aromatic carbocycles. The van der Waals surface area contributed by atoms with E-state index in [0.29, 0.717) is 21.9 Å². The highest BCUT2D eigenvalue weighted by Gasteiger charge is 2.17. The zero-order valence-electron chi connectivity index (χ0n) is 12.9. The topological polar surface area (TPSA) is 52.8 Å². The van der Waals surface area contributed by atoms with E-state index in [2.05, 4.69) is 10.9 Å². The highest BCUT2D eigenvalue weighted by molar-refractivity contribution is 7.16. The molecule has 0 saturated carbocycles. The molecule has 5 nitrogen and oxygen atoms in total. The highest BCUT2D eigenvalue weighted by atomic mass is 32.1. The van der Waals surface area contributed by atoms with E-state index in [9.17, 15) is 9.18 Å². The summed E-state index contributed by atoms with van der Waals surface area (Å²) in [5, 5.41) is 0. The van der Waals surface area contributed by atoms with Crippen LogP contribution in [0.5, 0.6) is 11.5 Å². The SMILES string of the molecule is C#CCn1c(=NC(=O)c2ccc(F)cc2)sc2cc3c(cc21)OCO3. The lowest BCUT2D eigenvalue weighted by atomic mass is 10.2. The summed E-state index contributed by atoms with van der Waals surface area (Å²) < 4.78 is 26.4. The summed E-state index contributed by atoms with van der Waals surface area (Å²) in [4.78, 5) is 17.0. The third kappa shape index (κ3) is 2.77. The predicted octanol–water partition coefficient (Wildman–Crippen LogP) is 2.94. The van der Waals surface area contributed by atoms with Crippen molar-refractivity contribution in [3.63, 3.8) is 0 Å². The van der Waals surface area contributed by atoms with Crippen molar-refractivity contribution < 1.29 is 18.7 Å². The Balaban J connectivity index is 1.85. The number of benzene rings is 2. The number of hydrogen-bond acceptors (Lipinski definition) is 4. The van der Waals surface area contributed by atoms with Gasteiger partial charge in [0.15, 0.2) is 16.3 Å². The molecule has 1 amide bonds. The molecule has 0 radical (unpaired) electrons. The number of aromatic nitrogens is 1. The number of fused-ring (bicyclic) bond motifs is 2. The van der Waals surface area contributed by atoms with Crippen molar-refractivity contribution >= 4 is 27.5 Å². The van der Waals surface area contributed by atoms with E-state index in [1.807, 2.05) is 12.1 Å². The van der Waals surface area contributed by atoms with Crippen molar-refractivity contribution in [2.75, 3.05) is 6.79 Å². The van der Waals surface area contributed by atoms with Crippen molar-refractivity contribution in [2.45, 2.75) is 6.54 Å². The lowest BCUT2D eigenvalue weighted by Crippen LogP contribution is -2.16. The Morgan fingerprint density at radius 2 is 2.00 bits per heavy atom. The molecule has 3 aromatic rings. The van der Waals surface area contributed by atoms with Gasteiger partial charge >= 0.3 is 0 Å². The summed E-state index contributed by atoms with van der Waals surface area (Å²) in [5.74, 6) is 2.98. The molecule has 0 N–H and O–H groups in total. The summed E-state index contributed by atoms with van der Waals surface area (Å²) in [7, 11) is 0. The highest BCUT2D eigenvalue weighted by Crippen LogP contribution is 2.36. The first-order valence-corrected chi connectivity index (χ1v) is 8.18. The van der Waals surface area contributed by atoms with E-state index in [-0.39, 0.29) is 13.3 Å². The summed E-state index contributed by atoms with van der Waals surface area (Å²) in [6, 6.07) is 8.92. The monoisotopic (exact) mass is 354 g/mol. The molecule has 0 bridgehead atoms. The third-order valence-corrected chi connectivity index (χ3v) is 4.76. The van der Waals surface area contributed by atoms with Crippen LogP contribution in [-0.2, 0) is 6.54 Å². The van der Waals surface area contributed by atoms with Gasteiger partial charge in [0.05, 0.1) is 16.8 Å². The van der Waals surface area contributed by atoms with Gasteiger partial charge in [-0.05, 0) is 24.3 Å². The van der Waals surface area contributed by atoms with E-state index >= 15 is 0 Å². The van der Waals surface area contributed by atoms with Gasteiger partial charge in [-0.15, -0.1) is 6.42 Å². The summed E-state index contributed by atoms with van der Waals surface area (Å²) in [5.41, 5.74) is 1.12. The number of amides is 1. The second-order valence-corrected chi connectivity index (χ2v) is 6.28. The average Bonchev–Trinajstić information content (AvgIpc) is 3.18. The smallest absolute Gasteiger partial charge is 0.279 e. The van der Waals surface area contributed by atoms with E-state index in [0.717, 1.165) is 10.2 Å². The Morgan fingerprint density at radius 1 is 1.28 bits per heavy atom. The van der Waals surface area contributed by atoms with Crippen LogP contribution in [0.4, 0.5) is 4.39 Å². The molecular formula is C18H11FN2O3S. The second kappa shape index (κ2) is 6.07. The lowest BCUT2D eigenvalue weighted by molar-refractivity contribution is 0.0998. The fraction of sp³-hybridized carbons (Fsp3) is 0.111. The van der Waals surface area contributed by atoms with Crippen molar-refractivity contribution in [1.29, 1.82) is 0 Å². The van der Waals surface area contributed by atoms with Crippen LogP contribution in [0.1, 0.15) is 10.4 Å². The Bertz CT molecular complexity index is 1090. The van der Waals surface area contributed by atoms with Crippen molar-refractivity contribution in [3.05, 3.63) is 52.6 Å². The fourth-order valence-electron chi connectivity index (χ4n) is 2.53. The van der Waals surface area contributed by atoms with E-state index in [1.165, 1.54) is 35.6 Å². The van der Waals surface area contributed by atoms with Crippen molar-refractivity contribution in [1.82, 2.24) is 4.57 Å². The maximum atomic E-state index is 13.0. The molecular weight excluding hydrogens is 343 g/mol. The number of ether oxygens (including phenoxy) is 2. The van der Waals surface area contributed by atoms with Gasteiger partial charge in [0.1, 0.15) is 5.82 Å². The van der Waals surface area contributed by atoms with Crippen LogP contribution < -0.4 is 14.3 Å². The number of carbonyl (C=O) groups is 1. The van der Waals surface area contributed by atoms with E-state index in [1.54, 1.807) is 4.57 Å². The average molecular weight is 354 g/mol. The number of hydrogen-bond donors (Lipinski definition) is 0. The van der Waals surface area contributed by atoms with Crippen LogP contribution >= 0.6 is 11.3 Å². The van der Waals surface area contributed by atoms with Crippen LogP contribution in [-0.4, -0.2) is 17.3 Å². The largest absolute Gasteiger partial charge is 0.454 e. The minimum atomic E-state index is -0.461.